The maximum absolute atomic E-state index is 5.43. The lowest BCUT2D eigenvalue weighted by Gasteiger charge is -2.19. The van der Waals surface area contributed by atoms with Gasteiger partial charge in [0.15, 0.2) is 0 Å². The highest BCUT2D eigenvalue weighted by Crippen LogP contribution is 2.22. The van der Waals surface area contributed by atoms with E-state index in [-0.39, 0.29) is 0 Å². The van der Waals surface area contributed by atoms with Gasteiger partial charge in [-0.1, -0.05) is 31.5 Å². The summed E-state index contributed by atoms with van der Waals surface area (Å²) in [6.45, 7) is 6.68. The quantitative estimate of drug-likeness (QED) is 0.797. The summed E-state index contributed by atoms with van der Waals surface area (Å²) in [5, 5.41) is 3.41. The Labute approximate surface area is 112 Å². The van der Waals surface area contributed by atoms with Crippen molar-refractivity contribution >= 4 is 0 Å². The molecule has 102 valence electrons. The van der Waals surface area contributed by atoms with Crippen LogP contribution >= 0.6 is 0 Å². The van der Waals surface area contributed by atoms with Gasteiger partial charge in [-0.25, -0.2) is 0 Å². The van der Waals surface area contributed by atoms with Gasteiger partial charge >= 0.3 is 0 Å². The van der Waals surface area contributed by atoms with Crippen molar-refractivity contribution in [3.8, 4) is 5.75 Å². The fourth-order valence-corrected chi connectivity index (χ4v) is 2.38. The van der Waals surface area contributed by atoms with Crippen LogP contribution in [0.1, 0.15) is 37.8 Å². The molecular weight excluding hydrogens is 222 g/mol. The van der Waals surface area contributed by atoms with E-state index < -0.39 is 0 Å². The number of rotatable bonds is 7. The third-order valence-corrected chi connectivity index (χ3v) is 3.36. The number of aryl methyl sites for hydroxylation is 2. The zero-order chi connectivity index (χ0) is 13.5. The molecule has 1 atom stereocenters. The summed E-state index contributed by atoms with van der Waals surface area (Å²) < 4.78 is 5.43. The van der Waals surface area contributed by atoms with E-state index in [4.69, 9.17) is 4.74 Å². The maximum Gasteiger partial charge on any atom is 0.122 e. The van der Waals surface area contributed by atoms with Crippen molar-refractivity contribution < 1.29 is 4.74 Å². The Balaban J connectivity index is 2.63. The first kappa shape index (κ1) is 15.0. The van der Waals surface area contributed by atoms with Crippen molar-refractivity contribution in [3.05, 3.63) is 29.3 Å². The smallest absolute Gasteiger partial charge is 0.122 e. The molecule has 0 aliphatic carbocycles. The molecule has 1 aromatic rings. The molecule has 0 aliphatic rings. The molecule has 0 saturated heterocycles. The van der Waals surface area contributed by atoms with Gasteiger partial charge in [-0.3, -0.25) is 0 Å². The van der Waals surface area contributed by atoms with Gasteiger partial charge in [-0.05, 0) is 50.8 Å². The standard InChI is InChI=1S/C16H27NO/c1-12(2)10-15(17-4)8-7-14-11-13(3)6-9-16(14)18-5/h6,9,11-12,15,17H,7-8,10H2,1-5H3. The van der Waals surface area contributed by atoms with Crippen LogP contribution in [0.15, 0.2) is 18.2 Å². The summed E-state index contributed by atoms with van der Waals surface area (Å²) in [4.78, 5) is 0. The zero-order valence-electron chi connectivity index (χ0n) is 12.4. The lowest BCUT2D eigenvalue weighted by Crippen LogP contribution is -2.27. The van der Waals surface area contributed by atoms with Crippen molar-refractivity contribution in [1.82, 2.24) is 5.32 Å². The minimum absolute atomic E-state index is 0.593. The average molecular weight is 249 g/mol. The van der Waals surface area contributed by atoms with Crippen LogP contribution in [0, 0.1) is 12.8 Å². The first-order chi connectivity index (χ1) is 8.56. The molecule has 0 spiro atoms. The predicted molar refractivity (Wildman–Crippen MR) is 78.4 cm³/mol. The Morgan fingerprint density at radius 2 is 2.00 bits per heavy atom. The molecule has 0 radical (unpaired) electrons. The second kappa shape index (κ2) is 7.42. The van der Waals surface area contributed by atoms with Crippen LogP contribution in [0.2, 0.25) is 0 Å². The minimum Gasteiger partial charge on any atom is -0.496 e. The van der Waals surface area contributed by atoms with Crippen LogP contribution in [0.25, 0.3) is 0 Å². The van der Waals surface area contributed by atoms with E-state index in [0.717, 1.165) is 24.5 Å². The van der Waals surface area contributed by atoms with Gasteiger partial charge < -0.3 is 10.1 Å². The largest absolute Gasteiger partial charge is 0.496 e. The number of ether oxygens (including phenoxy) is 1. The van der Waals surface area contributed by atoms with E-state index in [9.17, 15) is 0 Å². The highest BCUT2D eigenvalue weighted by molar-refractivity contribution is 5.36. The third-order valence-electron chi connectivity index (χ3n) is 3.36. The van der Waals surface area contributed by atoms with Crippen molar-refractivity contribution in [2.45, 2.75) is 46.1 Å². The molecular formula is C16H27NO. The fourth-order valence-electron chi connectivity index (χ4n) is 2.38. The molecule has 2 heteroatoms. The van der Waals surface area contributed by atoms with Crippen LogP contribution in [-0.4, -0.2) is 20.2 Å². The van der Waals surface area contributed by atoms with Crippen molar-refractivity contribution in [1.29, 1.82) is 0 Å². The fraction of sp³-hybridized carbons (Fsp3) is 0.625. The molecule has 2 nitrogen and oxygen atoms in total. The van der Waals surface area contributed by atoms with Crippen LogP contribution in [0.3, 0.4) is 0 Å². The summed E-state index contributed by atoms with van der Waals surface area (Å²) >= 11 is 0. The molecule has 0 amide bonds. The van der Waals surface area contributed by atoms with E-state index in [1.54, 1.807) is 7.11 Å². The molecule has 1 rings (SSSR count). The maximum atomic E-state index is 5.43. The first-order valence-corrected chi connectivity index (χ1v) is 6.87. The van der Waals surface area contributed by atoms with Gasteiger partial charge in [0.2, 0.25) is 0 Å². The third kappa shape index (κ3) is 4.69. The SMILES string of the molecule is CNC(CCc1cc(C)ccc1OC)CC(C)C. The van der Waals surface area contributed by atoms with Gasteiger partial charge in [0, 0.05) is 6.04 Å². The Morgan fingerprint density at radius 1 is 1.28 bits per heavy atom. The van der Waals surface area contributed by atoms with E-state index in [1.165, 1.54) is 17.5 Å². The summed E-state index contributed by atoms with van der Waals surface area (Å²) in [7, 11) is 3.80. The molecule has 0 fully saturated rings. The zero-order valence-corrected chi connectivity index (χ0v) is 12.4. The minimum atomic E-state index is 0.593. The van der Waals surface area contributed by atoms with E-state index in [0.29, 0.717) is 6.04 Å². The predicted octanol–water partition coefficient (Wildman–Crippen LogP) is 3.57. The first-order valence-electron chi connectivity index (χ1n) is 6.87. The molecule has 0 bridgehead atoms. The molecule has 0 aromatic heterocycles. The van der Waals surface area contributed by atoms with Crippen molar-refractivity contribution in [2.24, 2.45) is 5.92 Å². The lowest BCUT2D eigenvalue weighted by atomic mass is 9.96. The van der Waals surface area contributed by atoms with Crippen LogP contribution < -0.4 is 10.1 Å². The molecule has 0 heterocycles. The molecule has 0 saturated carbocycles. The molecule has 0 aliphatic heterocycles. The molecule has 18 heavy (non-hydrogen) atoms. The van der Waals surface area contributed by atoms with Crippen molar-refractivity contribution in [3.63, 3.8) is 0 Å². The monoisotopic (exact) mass is 249 g/mol. The second-order valence-electron chi connectivity index (χ2n) is 5.47. The number of methoxy groups -OCH3 is 1. The normalized spacial score (nSPS) is 12.8. The summed E-state index contributed by atoms with van der Waals surface area (Å²) in [6, 6.07) is 7.00. The highest BCUT2D eigenvalue weighted by Gasteiger charge is 2.10. The highest BCUT2D eigenvalue weighted by atomic mass is 16.5. The second-order valence-corrected chi connectivity index (χ2v) is 5.47. The Kier molecular flexibility index (Phi) is 6.20. The Bertz CT molecular complexity index is 360. The van der Waals surface area contributed by atoms with Crippen molar-refractivity contribution in [2.75, 3.05) is 14.2 Å². The van der Waals surface area contributed by atoms with Gasteiger partial charge in [0.25, 0.3) is 0 Å². The van der Waals surface area contributed by atoms with E-state index >= 15 is 0 Å². The summed E-state index contributed by atoms with van der Waals surface area (Å²) in [5.41, 5.74) is 2.62. The van der Waals surface area contributed by atoms with Gasteiger partial charge in [-0.2, -0.15) is 0 Å². The number of benzene rings is 1. The number of nitrogens with one attached hydrogen (secondary N) is 1. The van der Waals surface area contributed by atoms with E-state index in [2.05, 4.69) is 51.3 Å². The van der Waals surface area contributed by atoms with Crippen LogP contribution in [0.5, 0.6) is 5.75 Å². The molecule has 1 unspecified atom stereocenters. The van der Waals surface area contributed by atoms with E-state index in [1.807, 2.05) is 0 Å². The van der Waals surface area contributed by atoms with Crippen LogP contribution in [-0.2, 0) is 6.42 Å². The topological polar surface area (TPSA) is 21.3 Å². The Hall–Kier alpha value is -1.02. The summed E-state index contributed by atoms with van der Waals surface area (Å²) in [5.74, 6) is 1.75. The van der Waals surface area contributed by atoms with Gasteiger partial charge in [0.05, 0.1) is 7.11 Å². The average Bonchev–Trinajstić information content (AvgIpc) is 2.34. The number of hydrogen-bond acceptors (Lipinski definition) is 2. The lowest BCUT2D eigenvalue weighted by molar-refractivity contribution is 0.399. The van der Waals surface area contributed by atoms with Crippen LogP contribution in [0.4, 0.5) is 0 Å². The van der Waals surface area contributed by atoms with Gasteiger partial charge in [0.1, 0.15) is 5.75 Å². The molecule has 1 N–H and O–H groups in total. The summed E-state index contributed by atoms with van der Waals surface area (Å²) in [6.07, 6.45) is 3.46. The molecule has 1 aromatic carbocycles. The van der Waals surface area contributed by atoms with Gasteiger partial charge in [-0.15, -0.1) is 0 Å². The Morgan fingerprint density at radius 3 is 2.56 bits per heavy atom. The number of hydrogen-bond donors (Lipinski definition) is 1.